The Hall–Kier alpha value is -1.11. The van der Waals surface area contributed by atoms with Gasteiger partial charge in [0.25, 0.3) is 0 Å². The van der Waals surface area contributed by atoms with Crippen molar-refractivity contribution in [3.05, 3.63) is 30.3 Å². The van der Waals surface area contributed by atoms with Gasteiger partial charge in [0.05, 0.1) is 5.69 Å². The molecule has 0 amide bonds. The van der Waals surface area contributed by atoms with Gasteiger partial charge in [-0.1, -0.05) is 39.0 Å². The number of aliphatic imine (C=N–C) groups is 1. The Labute approximate surface area is 80.5 Å². The number of rotatable bonds is 1. The van der Waals surface area contributed by atoms with Crippen LogP contribution in [0.25, 0.3) is 0 Å². The molecule has 0 aromatic heterocycles. The summed E-state index contributed by atoms with van der Waals surface area (Å²) < 4.78 is 0. The molecule has 0 unspecified atom stereocenters. The van der Waals surface area contributed by atoms with E-state index in [2.05, 4.69) is 32.7 Å². The van der Waals surface area contributed by atoms with Crippen molar-refractivity contribution in [1.29, 1.82) is 0 Å². The van der Waals surface area contributed by atoms with Crippen molar-refractivity contribution in [3.8, 4) is 0 Å². The van der Waals surface area contributed by atoms with Gasteiger partial charge in [-0.3, -0.25) is 4.99 Å². The molecule has 0 heterocycles. The van der Waals surface area contributed by atoms with Crippen LogP contribution < -0.4 is 0 Å². The Morgan fingerprint density at radius 1 is 1.08 bits per heavy atom. The predicted octanol–water partition coefficient (Wildman–Crippen LogP) is 3.83. The minimum atomic E-state index is 0.163. The summed E-state index contributed by atoms with van der Waals surface area (Å²) in [5.74, 6) is 0. The fraction of sp³-hybridized carbons (Fsp3) is 0.417. The average Bonchev–Trinajstić information content (AvgIpc) is 2.04. The number of benzene rings is 1. The first-order valence-corrected chi connectivity index (χ1v) is 4.61. The standard InChI is InChI=1S/C12H17N/c1-10(12(2,3)4)13-11-8-6-5-7-9-11/h5-9H,1-4H3/b13-10+. The smallest absolute Gasteiger partial charge is 0.0629 e. The Morgan fingerprint density at radius 3 is 2.08 bits per heavy atom. The zero-order valence-corrected chi connectivity index (χ0v) is 8.83. The van der Waals surface area contributed by atoms with Crippen LogP contribution in [0.1, 0.15) is 27.7 Å². The molecule has 0 spiro atoms. The third kappa shape index (κ3) is 3.02. The second-order valence-electron chi connectivity index (χ2n) is 4.28. The minimum Gasteiger partial charge on any atom is -0.258 e. The molecule has 13 heavy (non-hydrogen) atoms. The van der Waals surface area contributed by atoms with E-state index in [4.69, 9.17) is 0 Å². The van der Waals surface area contributed by atoms with Crippen LogP contribution >= 0.6 is 0 Å². The highest BCUT2D eigenvalue weighted by Gasteiger charge is 2.13. The van der Waals surface area contributed by atoms with E-state index in [0.29, 0.717) is 0 Å². The number of nitrogens with zero attached hydrogens (tertiary/aromatic N) is 1. The van der Waals surface area contributed by atoms with Crippen LogP contribution in [-0.2, 0) is 0 Å². The van der Waals surface area contributed by atoms with Crippen LogP contribution in [0.15, 0.2) is 35.3 Å². The molecule has 0 aliphatic heterocycles. The molecule has 0 radical (unpaired) electrons. The van der Waals surface area contributed by atoms with Crippen molar-refractivity contribution in [2.24, 2.45) is 10.4 Å². The van der Waals surface area contributed by atoms with E-state index < -0.39 is 0 Å². The second kappa shape index (κ2) is 3.73. The number of hydrogen-bond acceptors (Lipinski definition) is 1. The van der Waals surface area contributed by atoms with E-state index in [1.807, 2.05) is 30.3 Å². The van der Waals surface area contributed by atoms with Gasteiger partial charge in [0.2, 0.25) is 0 Å². The first-order valence-electron chi connectivity index (χ1n) is 4.61. The summed E-state index contributed by atoms with van der Waals surface area (Å²) >= 11 is 0. The van der Waals surface area contributed by atoms with Gasteiger partial charge in [0.15, 0.2) is 0 Å². The monoisotopic (exact) mass is 175 g/mol. The first kappa shape index (κ1) is 9.97. The lowest BCUT2D eigenvalue weighted by Gasteiger charge is -2.17. The summed E-state index contributed by atoms with van der Waals surface area (Å²) in [6.07, 6.45) is 0. The van der Waals surface area contributed by atoms with E-state index in [9.17, 15) is 0 Å². The molecule has 1 aromatic carbocycles. The second-order valence-corrected chi connectivity index (χ2v) is 4.28. The lowest BCUT2D eigenvalue weighted by Crippen LogP contribution is -2.16. The molecule has 0 aliphatic rings. The molecule has 70 valence electrons. The zero-order valence-electron chi connectivity index (χ0n) is 8.83. The maximum atomic E-state index is 4.55. The molecule has 0 bridgehead atoms. The fourth-order valence-electron chi connectivity index (χ4n) is 0.864. The molecule has 1 aromatic rings. The molecule has 1 rings (SSSR count). The Balaban J connectivity index is 2.90. The number of hydrogen-bond donors (Lipinski definition) is 0. The third-order valence-electron chi connectivity index (χ3n) is 2.14. The largest absolute Gasteiger partial charge is 0.258 e. The molecule has 1 heteroatoms. The summed E-state index contributed by atoms with van der Waals surface area (Å²) in [5, 5.41) is 0. The predicted molar refractivity (Wildman–Crippen MR) is 58.7 cm³/mol. The van der Waals surface area contributed by atoms with Gasteiger partial charge in [-0.2, -0.15) is 0 Å². The highest BCUT2D eigenvalue weighted by Crippen LogP contribution is 2.20. The van der Waals surface area contributed by atoms with Crippen molar-refractivity contribution >= 4 is 11.4 Å². The lowest BCUT2D eigenvalue weighted by atomic mass is 9.91. The summed E-state index contributed by atoms with van der Waals surface area (Å²) in [6.45, 7) is 8.60. The first-order chi connectivity index (χ1) is 6.00. The van der Waals surface area contributed by atoms with Crippen LogP contribution in [-0.4, -0.2) is 5.71 Å². The Morgan fingerprint density at radius 2 is 1.62 bits per heavy atom. The lowest BCUT2D eigenvalue weighted by molar-refractivity contribution is 0.588. The normalized spacial score (nSPS) is 13.1. The van der Waals surface area contributed by atoms with E-state index in [-0.39, 0.29) is 5.41 Å². The Kier molecular flexibility index (Phi) is 2.86. The molecular weight excluding hydrogens is 158 g/mol. The molecule has 0 aliphatic carbocycles. The quantitative estimate of drug-likeness (QED) is 0.575. The van der Waals surface area contributed by atoms with Crippen LogP contribution in [0.2, 0.25) is 0 Å². The highest BCUT2D eigenvalue weighted by atomic mass is 14.8. The van der Waals surface area contributed by atoms with Crippen molar-refractivity contribution in [3.63, 3.8) is 0 Å². The van der Waals surface area contributed by atoms with Crippen LogP contribution in [0.5, 0.6) is 0 Å². The van der Waals surface area contributed by atoms with E-state index in [1.54, 1.807) is 0 Å². The van der Waals surface area contributed by atoms with E-state index in [1.165, 1.54) is 5.71 Å². The summed E-state index contributed by atoms with van der Waals surface area (Å²) in [6, 6.07) is 10.1. The van der Waals surface area contributed by atoms with Gasteiger partial charge in [-0.25, -0.2) is 0 Å². The summed E-state index contributed by atoms with van der Waals surface area (Å²) in [5.41, 5.74) is 2.36. The third-order valence-corrected chi connectivity index (χ3v) is 2.14. The molecule has 0 saturated carbocycles. The molecule has 0 fully saturated rings. The van der Waals surface area contributed by atoms with Gasteiger partial charge in [0, 0.05) is 5.71 Å². The zero-order chi connectivity index (χ0) is 9.90. The Bertz CT molecular complexity index is 291. The van der Waals surface area contributed by atoms with E-state index in [0.717, 1.165) is 5.69 Å². The number of para-hydroxylation sites is 1. The maximum Gasteiger partial charge on any atom is 0.0629 e. The molecule has 0 N–H and O–H groups in total. The summed E-state index contributed by atoms with van der Waals surface area (Å²) in [4.78, 5) is 4.55. The van der Waals surface area contributed by atoms with Gasteiger partial charge < -0.3 is 0 Å². The van der Waals surface area contributed by atoms with Crippen molar-refractivity contribution in [2.45, 2.75) is 27.7 Å². The van der Waals surface area contributed by atoms with Gasteiger partial charge in [-0.05, 0) is 24.5 Å². The van der Waals surface area contributed by atoms with Gasteiger partial charge >= 0.3 is 0 Å². The van der Waals surface area contributed by atoms with Crippen molar-refractivity contribution in [2.75, 3.05) is 0 Å². The van der Waals surface area contributed by atoms with Gasteiger partial charge in [0.1, 0.15) is 0 Å². The molecule has 0 saturated heterocycles. The highest BCUT2D eigenvalue weighted by molar-refractivity contribution is 5.89. The SMILES string of the molecule is C/C(=N\c1ccccc1)C(C)(C)C. The maximum absolute atomic E-state index is 4.55. The van der Waals surface area contributed by atoms with Crippen molar-refractivity contribution < 1.29 is 0 Å². The average molecular weight is 175 g/mol. The van der Waals surface area contributed by atoms with Crippen LogP contribution in [0, 0.1) is 5.41 Å². The molecular formula is C12H17N. The van der Waals surface area contributed by atoms with Crippen molar-refractivity contribution in [1.82, 2.24) is 0 Å². The topological polar surface area (TPSA) is 12.4 Å². The van der Waals surface area contributed by atoms with Gasteiger partial charge in [-0.15, -0.1) is 0 Å². The van der Waals surface area contributed by atoms with Crippen LogP contribution in [0.4, 0.5) is 5.69 Å². The summed E-state index contributed by atoms with van der Waals surface area (Å²) in [7, 11) is 0. The fourth-order valence-corrected chi connectivity index (χ4v) is 0.864. The molecule has 1 nitrogen and oxygen atoms in total. The van der Waals surface area contributed by atoms with E-state index >= 15 is 0 Å². The molecule has 0 atom stereocenters. The minimum absolute atomic E-state index is 0.163. The van der Waals surface area contributed by atoms with Crippen LogP contribution in [0.3, 0.4) is 0 Å².